The van der Waals surface area contributed by atoms with Crippen LogP contribution >= 0.6 is 11.8 Å². The lowest BCUT2D eigenvalue weighted by molar-refractivity contribution is -0.150. The van der Waals surface area contributed by atoms with Crippen molar-refractivity contribution in [1.82, 2.24) is 4.90 Å². The highest BCUT2D eigenvalue weighted by Crippen LogP contribution is 2.51. The molecule has 2 rings (SSSR count). The SMILES string of the molecule is COC(=O)[C@@H]1[C@@H](c2cccc(F)c2)S[C@H](C(C)(C)C)N1C=O. The molecule has 1 aliphatic heterocycles. The summed E-state index contributed by atoms with van der Waals surface area (Å²) in [4.78, 5) is 25.3. The highest BCUT2D eigenvalue weighted by Gasteiger charge is 2.50. The Hall–Kier alpha value is -1.56. The van der Waals surface area contributed by atoms with Crippen molar-refractivity contribution in [3.8, 4) is 0 Å². The summed E-state index contributed by atoms with van der Waals surface area (Å²) in [6.45, 7) is 6.01. The second kappa shape index (κ2) is 6.28. The van der Waals surface area contributed by atoms with Gasteiger partial charge in [-0.05, 0) is 23.1 Å². The van der Waals surface area contributed by atoms with E-state index >= 15 is 0 Å². The molecule has 6 heteroatoms. The van der Waals surface area contributed by atoms with E-state index in [4.69, 9.17) is 4.74 Å². The van der Waals surface area contributed by atoms with Crippen molar-refractivity contribution in [2.24, 2.45) is 5.41 Å². The zero-order valence-corrected chi connectivity index (χ0v) is 13.9. The second-order valence-corrected chi connectivity index (χ2v) is 7.58. The van der Waals surface area contributed by atoms with Crippen molar-refractivity contribution in [2.75, 3.05) is 7.11 Å². The number of thioether (sulfide) groups is 1. The minimum atomic E-state index is -0.751. The first kappa shape index (κ1) is 16.8. The molecule has 1 aromatic carbocycles. The Bertz CT molecular complexity index is 573. The highest BCUT2D eigenvalue weighted by molar-refractivity contribution is 8.00. The molecule has 0 spiro atoms. The highest BCUT2D eigenvalue weighted by atomic mass is 32.2. The minimum absolute atomic E-state index is 0.192. The lowest BCUT2D eigenvalue weighted by Crippen LogP contribution is -2.46. The predicted molar refractivity (Wildman–Crippen MR) is 83.7 cm³/mol. The molecule has 1 amide bonds. The molecule has 1 heterocycles. The molecule has 120 valence electrons. The van der Waals surface area contributed by atoms with Crippen LogP contribution in [0.1, 0.15) is 31.6 Å². The third-order valence-corrected chi connectivity index (χ3v) is 5.67. The number of hydrogen-bond acceptors (Lipinski definition) is 4. The zero-order valence-electron chi connectivity index (χ0n) is 13.1. The van der Waals surface area contributed by atoms with Crippen LogP contribution in [0.3, 0.4) is 0 Å². The molecular weight excluding hydrogens is 305 g/mol. The van der Waals surface area contributed by atoms with Gasteiger partial charge in [-0.25, -0.2) is 9.18 Å². The number of rotatable bonds is 3. The summed E-state index contributed by atoms with van der Waals surface area (Å²) in [7, 11) is 1.29. The normalized spacial score (nSPS) is 25.1. The fraction of sp³-hybridized carbons (Fsp3) is 0.500. The van der Waals surface area contributed by atoms with Crippen LogP contribution in [-0.2, 0) is 14.3 Å². The summed E-state index contributed by atoms with van der Waals surface area (Å²) < 4.78 is 18.4. The van der Waals surface area contributed by atoms with Crippen LogP contribution in [0.2, 0.25) is 0 Å². The van der Waals surface area contributed by atoms with Gasteiger partial charge < -0.3 is 9.64 Å². The summed E-state index contributed by atoms with van der Waals surface area (Å²) in [6, 6.07) is 5.38. The Morgan fingerprint density at radius 3 is 2.59 bits per heavy atom. The number of nitrogens with zero attached hydrogens (tertiary/aromatic N) is 1. The number of hydrogen-bond donors (Lipinski definition) is 0. The van der Waals surface area contributed by atoms with Gasteiger partial charge in [-0.15, -0.1) is 11.8 Å². The first-order valence-electron chi connectivity index (χ1n) is 7.01. The lowest BCUT2D eigenvalue weighted by atomic mass is 9.94. The van der Waals surface area contributed by atoms with E-state index in [0.29, 0.717) is 12.0 Å². The number of benzene rings is 1. The Kier molecular flexibility index (Phi) is 4.80. The van der Waals surface area contributed by atoms with Gasteiger partial charge in [0.25, 0.3) is 0 Å². The average molecular weight is 325 g/mol. The second-order valence-electron chi connectivity index (χ2n) is 6.35. The molecule has 0 unspecified atom stereocenters. The van der Waals surface area contributed by atoms with Gasteiger partial charge in [-0.1, -0.05) is 32.9 Å². The molecule has 4 nitrogen and oxygen atoms in total. The molecule has 1 aromatic rings. The van der Waals surface area contributed by atoms with Gasteiger partial charge in [-0.3, -0.25) is 4.79 Å². The van der Waals surface area contributed by atoms with Crippen LogP contribution in [0.25, 0.3) is 0 Å². The smallest absolute Gasteiger partial charge is 0.330 e. The fourth-order valence-corrected chi connectivity index (χ4v) is 4.38. The molecule has 3 atom stereocenters. The lowest BCUT2D eigenvalue weighted by Gasteiger charge is -2.33. The molecule has 0 aliphatic carbocycles. The summed E-state index contributed by atoms with van der Waals surface area (Å²) in [5, 5.41) is -0.542. The van der Waals surface area contributed by atoms with E-state index in [2.05, 4.69) is 0 Å². The molecule has 0 aromatic heterocycles. The number of esters is 1. The Balaban J connectivity index is 2.46. The summed E-state index contributed by atoms with van der Waals surface area (Å²) >= 11 is 1.49. The molecule has 1 fully saturated rings. The van der Waals surface area contributed by atoms with Crippen molar-refractivity contribution in [1.29, 1.82) is 0 Å². The quantitative estimate of drug-likeness (QED) is 0.633. The zero-order chi connectivity index (χ0) is 16.5. The van der Waals surface area contributed by atoms with Crippen molar-refractivity contribution >= 4 is 24.1 Å². The van der Waals surface area contributed by atoms with E-state index in [0.717, 1.165) is 0 Å². The van der Waals surface area contributed by atoms with Crippen molar-refractivity contribution in [3.63, 3.8) is 0 Å². The van der Waals surface area contributed by atoms with Crippen LogP contribution in [0.4, 0.5) is 4.39 Å². The third-order valence-electron chi connectivity index (χ3n) is 3.64. The fourth-order valence-electron chi connectivity index (χ4n) is 2.67. The number of ether oxygens (including phenoxy) is 1. The summed E-state index contributed by atoms with van der Waals surface area (Å²) in [5.74, 6) is -0.848. The Labute approximate surface area is 134 Å². The first-order chi connectivity index (χ1) is 10.3. The monoisotopic (exact) mass is 325 g/mol. The van der Waals surface area contributed by atoms with Gasteiger partial charge in [0.1, 0.15) is 11.9 Å². The van der Waals surface area contributed by atoms with Gasteiger partial charge in [0.2, 0.25) is 6.41 Å². The maximum Gasteiger partial charge on any atom is 0.330 e. The molecule has 0 bridgehead atoms. The van der Waals surface area contributed by atoms with Crippen molar-refractivity contribution < 1.29 is 18.7 Å². The number of methoxy groups -OCH3 is 1. The van der Waals surface area contributed by atoms with E-state index < -0.39 is 12.0 Å². The van der Waals surface area contributed by atoms with E-state index in [9.17, 15) is 14.0 Å². The number of amides is 1. The van der Waals surface area contributed by atoms with E-state index in [-0.39, 0.29) is 21.9 Å². The Morgan fingerprint density at radius 1 is 1.41 bits per heavy atom. The molecular formula is C16H20FNO3S. The topological polar surface area (TPSA) is 46.6 Å². The largest absolute Gasteiger partial charge is 0.467 e. The van der Waals surface area contributed by atoms with E-state index in [1.807, 2.05) is 20.8 Å². The summed E-state index contributed by atoms with van der Waals surface area (Å²) in [5.41, 5.74) is 0.457. The molecule has 0 N–H and O–H groups in total. The standard InChI is InChI=1S/C16H20FNO3S/c1-16(2,3)15-18(9-19)12(14(20)21-4)13(22-15)10-6-5-7-11(17)8-10/h5-9,12-13,15H,1-4H3/t12-,13+,15+/m0/s1. The van der Waals surface area contributed by atoms with Gasteiger partial charge in [0.15, 0.2) is 0 Å². The van der Waals surface area contributed by atoms with Gasteiger partial charge >= 0.3 is 5.97 Å². The van der Waals surface area contributed by atoms with Gasteiger partial charge in [-0.2, -0.15) is 0 Å². The number of carbonyl (C=O) groups excluding carboxylic acids is 2. The first-order valence-corrected chi connectivity index (χ1v) is 7.95. The molecule has 22 heavy (non-hydrogen) atoms. The van der Waals surface area contributed by atoms with Crippen LogP contribution in [-0.4, -0.2) is 35.8 Å². The van der Waals surface area contributed by atoms with Gasteiger partial charge in [0.05, 0.1) is 17.7 Å². The Morgan fingerprint density at radius 2 is 2.09 bits per heavy atom. The maximum absolute atomic E-state index is 13.5. The third kappa shape index (κ3) is 3.11. The molecule has 0 saturated carbocycles. The maximum atomic E-state index is 13.5. The van der Waals surface area contributed by atoms with Crippen LogP contribution < -0.4 is 0 Å². The molecule has 0 radical (unpaired) electrons. The summed E-state index contributed by atoms with van der Waals surface area (Å²) in [6.07, 6.45) is 0.684. The average Bonchev–Trinajstić information content (AvgIpc) is 2.86. The van der Waals surface area contributed by atoms with Crippen molar-refractivity contribution in [3.05, 3.63) is 35.6 Å². The number of carbonyl (C=O) groups is 2. The van der Waals surface area contributed by atoms with E-state index in [1.165, 1.54) is 35.9 Å². The van der Waals surface area contributed by atoms with Gasteiger partial charge in [0, 0.05) is 0 Å². The van der Waals surface area contributed by atoms with Crippen LogP contribution in [0.15, 0.2) is 24.3 Å². The molecule has 1 aliphatic rings. The number of halogens is 1. The molecule has 1 saturated heterocycles. The predicted octanol–water partition coefficient (Wildman–Crippen LogP) is 2.99. The van der Waals surface area contributed by atoms with Crippen LogP contribution in [0, 0.1) is 11.2 Å². The minimum Gasteiger partial charge on any atom is -0.467 e. The van der Waals surface area contributed by atoms with E-state index in [1.54, 1.807) is 12.1 Å². The van der Waals surface area contributed by atoms with Crippen molar-refractivity contribution in [2.45, 2.75) is 37.4 Å². The van der Waals surface area contributed by atoms with Crippen LogP contribution in [0.5, 0.6) is 0 Å².